The van der Waals surface area contributed by atoms with Crippen LogP contribution in [0.4, 0.5) is 4.39 Å². The number of benzene rings is 1. The molecular weight excluding hydrogens is 333 g/mol. The number of nitrogens with zero attached hydrogens (tertiary/aromatic N) is 2. The second kappa shape index (κ2) is 7.68. The van der Waals surface area contributed by atoms with E-state index in [1.54, 1.807) is 12.1 Å². The zero-order chi connectivity index (χ0) is 15.4. The van der Waals surface area contributed by atoms with Gasteiger partial charge in [0.2, 0.25) is 0 Å². The van der Waals surface area contributed by atoms with Gasteiger partial charge in [0.25, 0.3) is 0 Å². The van der Waals surface area contributed by atoms with Gasteiger partial charge in [-0.2, -0.15) is 0 Å². The molecule has 2 atom stereocenters. The van der Waals surface area contributed by atoms with Crippen molar-refractivity contribution < 1.29 is 4.39 Å². The standard InChI is InChI=1S/C16H25BrFN3/c1-3-20(4-2)13-7-8-21(11-13)16(10-19)14-9-12(18)5-6-15(14)17/h5-6,9,13,16H,3-4,7-8,10-11,19H2,1-2H3. The Morgan fingerprint density at radius 3 is 2.76 bits per heavy atom. The van der Waals surface area contributed by atoms with E-state index in [0.717, 1.165) is 42.6 Å². The van der Waals surface area contributed by atoms with Crippen molar-refractivity contribution in [2.75, 3.05) is 32.7 Å². The van der Waals surface area contributed by atoms with Gasteiger partial charge in [-0.15, -0.1) is 0 Å². The highest BCUT2D eigenvalue weighted by Crippen LogP contribution is 2.31. The molecule has 0 amide bonds. The molecule has 2 unspecified atom stereocenters. The summed E-state index contributed by atoms with van der Waals surface area (Å²) in [6, 6.07) is 5.51. The third-order valence-electron chi connectivity index (χ3n) is 4.50. The van der Waals surface area contributed by atoms with Crippen LogP contribution < -0.4 is 5.73 Å². The van der Waals surface area contributed by atoms with E-state index in [2.05, 4.69) is 39.6 Å². The SMILES string of the molecule is CCN(CC)C1CCN(C(CN)c2cc(F)ccc2Br)C1. The van der Waals surface area contributed by atoms with Crippen LogP contribution in [0.1, 0.15) is 31.9 Å². The summed E-state index contributed by atoms with van der Waals surface area (Å²) < 4.78 is 14.5. The van der Waals surface area contributed by atoms with Crippen LogP contribution in [0.5, 0.6) is 0 Å². The number of hydrogen-bond donors (Lipinski definition) is 1. The summed E-state index contributed by atoms with van der Waals surface area (Å²) in [5, 5.41) is 0. The Morgan fingerprint density at radius 1 is 1.43 bits per heavy atom. The van der Waals surface area contributed by atoms with Crippen molar-refractivity contribution in [2.45, 2.75) is 32.4 Å². The van der Waals surface area contributed by atoms with Crippen molar-refractivity contribution in [3.8, 4) is 0 Å². The lowest BCUT2D eigenvalue weighted by atomic mass is 10.1. The molecule has 1 aromatic carbocycles. The van der Waals surface area contributed by atoms with Crippen LogP contribution in [0.15, 0.2) is 22.7 Å². The quantitative estimate of drug-likeness (QED) is 0.849. The fourth-order valence-electron chi connectivity index (χ4n) is 3.33. The van der Waals surface area contributed by atoms with Crippen molar-refractivity contribution in [3.63, 3.8) is 0 Å². The van der Waals surface area contributed by atoms with Gasteiger partial charge in [-0.1, -0.05) is 29.8 Å². The summed E-state index contributed by atoms with van der Waals surface area (Å²) in [6.45, 7) is 9.09. The van der Waals surface area contributed by atoms with Crippen LogP contribution in [0.25, 0.3) is 0 Å². The second-order valence-corrected chi connectivity index (χ2v) is 6.43. The molecule has 118 valence electrons. The Morgan fingerprint density at radius 2 is 2.14 bits per heavy atom. The average Bonchev–Trinajstić information content (AvgIpc) is 2.94. The summed E-state index contributed by atoms with van der Waals surface area (Å²) in [4.78, 5) is 4.89. The molecule has 0 radical (unpaired) electrons. The third-order valence-corrected chi connectivity index (χ3v) is 5.23. The van der Waals surface area contributed by atoms with Crippen molar-refractivity contribution in [2.24, 2.45) is 5.73 Å². The first-order valence-corrected chi connectivity index (χ1v) is 8.53. The molecule has 1 aliphatic rings. The van der Waals surface area contributed by atoms with Gasteiger partial charge in [0.05, 0.1) is 0 Å². The minimum absolute atomic E-state index is 0.0793. The highest BCUT2D eigenvalue weighted by Gasteiger charge is 2.31. The first-order valence-electron chi connectivity index (χ1n) is 7.73. The number of likely N-dealkylation sites (N-methyl/N-ethyl adjacent to an activating group) is 1. The Labute approximate surface area is 135 Å². The smallest absolute Gasteiger partial charge is 0.123 e. The summed E-state index contributed by atoms with van der Waals surface area (Å²) in [5.41, 5.74) is 6.95. The number of rotatable bonds is 6. The van der Waals surface area contributed by atoms with Gasteiger partial charge >= 0.3 is 0 Å². The summed E-state index contributed by atoms with van der Waals surface area (Å²) in [6.07, 6.45) is 1.16. The van der Waals surface area contributed by atoms with E-state index in [4.69, 9.17) is 5.73 Å². The van der Waals surface area contributed by atoms with E-state index in [9.17, 15) is 4.39 Å². The van der Waals surface area contributed by atoms with Crippen molar-refractivity contribution >= 4 is 15.9 Å². The predicted molar refractivity (Wildman–Crippen MR) is 88.8 cm³/mol. The van der Waals surface area contributed by atoms with Crippen molar-refractivity contribution in [1.82, 2.24) is 9.80 Å². The van der Waals surface area contributed by atoms with E-state index in [0.29, 0.717) is 12.6 Å². The molecule has 0 spiro atoms. The number of nitrogens with two attached hydrogens (primary N) is 1. The number of likely N-dealkylation sites (tertiary alicyclic amines) is 1. The lowest BCUT2D eigenvalue weighted by molar-refractivity contribution is 0.189. The summed E-state index contributed by atoms with van der Waals surface area (Å²) in [5.74, 6) is -0.203. The molecule has 0 aliphatic carbocycles. The molecule has 0 saturated carbocycles. The largest absolute Gasteiger partial charge is 0.329 e. The third kappa shape index (κ3) is 3.83. The van der Waals surface area contributed by atoms with E-state index >= 15 is 0 Å². The molecule has 1 heterocycles. The topological polar surface area (TPSA) is 32.5 Å². The minimum Gasteiger partial charge on any atom is -0.329 e. The van der Waals surface area contributed by atoms with E-state index in [-0.39, 0.29) is 11.9 Å². The maximum Gasteiger partial charge on any atom is 0.123 e. The highest BCUT2D eigenvalue weighted by atomic mass is 79.9. The summed E-state index contributed by atoms with van der Waals surface area (Å²) >= 11 is 3.53. The van der Waals surface area contributed by atoms with Crippen LogP contribution in [-0.2, 0) is 0 Å². The van der Waals surface area contributed by atoms with Gasteiger partial charge in [-0.25, -0.2) is 4.39 Å². The predicted octanol–water partition coefficient (Wildman–Crippen LogP) is 3.00. The van der Waals surface area contributed by atoms with Crippen molar-refractivity contribution in [3.05, 3.63) is 34.1 Å². The fraction of sp³-hybridized carbons (Fsp3) is 0.625. The van der Waals surface area contributed by atoms with E-state index < -0.39 is 0 Å². The van der Waals surface area contributed by atoms with Crippen molar-refractivity contribution in [1.29, 1.82) is 0 Å². The maximum absolute atomic E-state index is 13.6. The number of hydrogen-bond acceptors (Lipinski definition) is 3. The van der Waals surface area contributed by atoms with Gasteiger partial charge in [-0.05, 0) is 43.3 Å². The zero-order valence-corrected chi connectivity index (χ0v) is 14.4. The average molecular weight is 358 g/mol. The van der Waals surface area contributed by atoms with Gasteiger partial charge in [0.15, 0.2) is 0 Å². The molecule has 5 heteroatoms. The zero-order valence-electron chi connectivity index (χ0n) is 12.9. The van der Waals surface area contributed by atoms with Crippen LogP contribution in [0.2, 0.25) is 0 Å². The molecule has 21 heavy (non-hydrogen) atoms. The maximum atomic E-state index is 13.6. The molecule has 3 nitrogen and oxygen atoms in total. The molecule has 1 saturated heterocycles. The molecular formula is C16H25BrFN3. The number of halogens is 2. The first-order chi connectivity index (χ1) is 10.1. The lowest BCUT2D eigenvalue weighted by Crippen LogP contribution is -2.39. The Balaban J connectivity index is 2.14. The van der Waals surface area contributed by atoms with E-state index in [1.165, 1.54) is 6.07 Å². The fourth-order valence-corrected chi connectivity index (χ4v) is 3.84. The van der Waals surface area contributed by atoms with Crippen LogP contribution in [-0.4, -0.2) is 48.6 Å². The molecule has 1 aliphatic heterocycles. The van der Waals surface area contributed by atoms with Crippen LogP contribution in [0.3, 0.4) is 0 Å². The Hall–Kier alpha value is -0.490. The van der Waals surface area contributed by atoms with Gasteiger partial charge in [0, 0.05) is 36.2 Å². The molecule has 1 fully saturated rings. The molecule has 1 aromatic rings. The Bertz CT molecular complexity index is 465. The normalized spacial score (nSPS) is 21.1. The second-order valence-electron chi connectivity index (χ2n) is 5.58. The van der Waals surface area contributed by atoms with Gasteiger partial charge in [0.1, 0.15) is 5.82 Å². The highest BCUT2D eigenvalue weighted by molar-refractivity contribution is 9.10. The van der Waals surface area contributed by atoms with Crippen LogP contribution in [0, 0.1) is 5.82 Å². The molecule has 0 aromatic heterocycles. The minimum atomic E-state index is -0.203. The monoisotopic (exact) mass is 357 g/mol. The van der Waals surface area contributed by atoms with E-state index in [1.807, 2.05) is 0 Å². The molecule has 2 N–H and O–H groups in total. The van der Waals surface area contributed by atoms with Gasteiger partial charge < -0.3 is 5.73 Å². The molecule has 0 bridgehead atoms. The lowest BCUT2D eigenvalue weighted by Gasteiger charge is -2.30. The van der Waals surface area contributed by atoms with Gasteiger partial charge in [-0.3, -0.25) is 9.80 Å². The Kier molecular flexibility index (Phi) is 6.17. The molecule has 2 rings (SSSR count). The first kappa shape index (κ1) is 16.9. The summed E-state index contributed by atoms with van der Waals surface area (Å²) in [7, 11) is 0. The van der Waals surface area contributed by atoms with Crippen LogP contribution >= 0.6 is 15.9 Å².